The highest BCUT2D eigenvalue weighted by atomic mass is 16.5. The first-order valence-corrected chi connectivity index (χ1v) is 5.48. The molecule has 0 N–H and O–H groups in total. The fourth-order valence-corrected chi connectivity index (χ4v) is 1.89. The van der Waals surface area contributed by atoms with Crippen molar-refractivity contribution in [2.75, 3.05) is 24.6 Å². The summed E-state index contributed by atoms with van der Waals surface area (Å²) in [6.45, 7) is 7.86. The fraction of sp³-hybridized carbons (Fsp3) is 0.583. The molecule has 0 saturated carbocycles. The zero-order chi connectivity index (χ0) is 11.8. The van der Waals surface area contributed by atoms with Crippen LogP contribution in [0.3, 0.4) is 0 Å². The van der Waals surface area contributed by atoms with E-state index in [0.717, 1.165) is 19.0 Å². The molecule has 1 aromatic rings. The summed E-state index contributed by atoms with van der Waals surface area (Å²) in [6.07, 6.45) is 0. The summed E-state index contributed by atoms with van der Waals surface area (Å²) in [5.41, 5.74) is -0.165. The van der Waals surface area contributed by atoms with Gasteiger partial charge in [-0.1, -0.05) is 0 Å². The number of morpholine rings is 1. The predicted octanol–water partition coefficient (Wildman–Crippen LogP) is 2.10. The minimum atomic E-state index is -0.165. The summed E-state index contributed by atoms with van der Waals surface area (Å²) in [5.74, 6) is 1.12. The quantitative estimate of drug-likeness (QED) is 0.720. The van der Waals surface area contributed by atoms with E-state index >= 15 is 0 Å². The predicted molar refractivity (Wildman–Crippen MR) is 61.0 cm³/mol. The molecule has 4 nitrogen and oxygen atoms in total. The molecule has 1 saturated heterocycles. The monoisotopic (exact) mass is 223 g/mol. The lowest BCUT2D eigenvalue weighted by Crippen LogP contribution is -2.48. The highest BCUT2D eigenvalue weighted by Crippen LogP contribution is 2.25. The van der Waals surface area contributed by atoms with Gasteiger partial charge in [0, 0.05) is 26.1 Å². The van der Waals surface area contributed by atoms with Gasteiger partial charge in [-0.15, -0.1) is 0 Å². The minimum absolute atomic E-state index is 0.0428. The van der Waals surface area contributed by atoms with Gasteiger partial charge in [-0.3, -0.25) is 4.79 Å². The Bertz CT molecular complexity index is 395. The van der Waals surface area contributed by atoms with Crippen molar-refractivity contribution in [1.29, 1.82) is 0 Å². The maximum atomic E-state index is 11.1. The van der Waals surface area contributed by atoms with E-state index in [4.69, 9.17) is 9.15 Å². The van der Waals surface area contributed by atoms with E-state index in [0.29, 0.717) is 12.4 Å². The molecule has 1 aromatic heterocycles. The summed E-state index contributed by atoms with van der Waals surface area (Å²) in [5, 5.41) is 0. The molecule has 1 aliphatic heterocycles. The number of anilines is 1. The molecule has 1 aliphatic rings. The number of ketones is 1. The number of Topliss-reactive ketones (excluding diaryl/α,β-unsaturated/α-hetero) is 1. The average molecular weight is 223 g/mol. The molecule has 4 heteroatoms. The molecule has 0 aliphatic carbocycles. The lowest BCUT2D eigenvalue weighted by Gasteiger charge is -2.37. The molecular weight excluding hydrogens is 206 g/mol. The van der Waals surface area contributed by atoms with Gasteiger partial charge in [-0.2, -0.15) is 0 Å². The number of carbonyl (C=O) groups excluding carboxylic acids is 1. The van der Waals surface area contributed by atoms with E-state index in [-0.39, 0.29) is 11.4 Å². The Morgan fingerprint density at radius 1 is 1.44 bits per heavy atom. The van der Waals surface area contributed by atoms with Gasteiger partial charge in [-0.05, 0) is 19.9 Å². The van der Waals surface area contributed by atoms with Crippen LogP contribution in [0.5, 0.6) is 0 Å². The summed E-state index contributed by atoms with van der Waals surface area (Å²) in [7, 11) is 0. The number of furan rings is 1. The first kappa shape index (κ1) is 11.2. The van der Waals surface area contributed by atoms with Crippen LogP contribution < -0.4 is 4.90 Å². The normalized spacial score (nSPS) is 19.8. The molecule has 0 unspecified atom stereocenters. The molecule has 2 rings (SSSR count). The Morgan fingerprint density at radius 2 is 2.19 bits per heavy atom. The number of hydrogen-bond donors (Lipinski definition) is 0. The van der Waals surface area contributed by atoms with Crippen molar-refractivity contribution < 1.29 is 13.9 Å². The molecule has 16 heavy (non-hydrogen) atoms. The maximum Gasteiger partial charge on any atom is 0.196 e. The summed E-state index contributed by atoms with van der Waals surface area (Å²) < 4.78 is 11.1. The first-order chi connectivity index (χ1) is 7.48. The van der Waals surface area contributed by atoms with Crippen molar-refractivity contribution in [3.05, 3.63) is 17.9 Å². The standard InChI is InChI=1S/C12H17NO3/c1-9(14)10-4-5-11(16-10)13-6-7-15-12(2,3)8-13/h4-5H,6-8H2,1-3H3. The smallest absolute Gasteiger partial charge is 0.196 e. The summed E-state index contributed by atoms with van der Waals surface area (Å²) >= 11 is 0. The van der Waals surface area contributed by atoms with Crippen LogP contribution in [0.2, 0.25) is 0 Å². The zero-order valence-electron chi connectivity index (χ0n) is 9.95. The molecule has 0 spiro atoms. The highest BCUT2D eigenvalue weighted by Gasteiger charge is 2.28. The van der Waals surface area contributed by atoms with Crippen LogP contribution in [0.25, 0.3) is 0 Å². The van der Waals surface area contributed by atoms with Gasteiger partial charge in [0.15, 0.2) is 17.4 Å². The summed E-state index contributed by atoms with van der Waals surface area (Å²) in [4.78, 5) is 13.2. The van der Waals surface area contributed by atoms with Gasteiger partial charge < -0.3 is 14.1 Å². The van der Waals surface area contributed by atoms with E-state index in [1.165, 1.54) is 6.92 Å². The lowest BCUT2D eigenvalue weighted by atomic mass is 10.1. The second kappa shape index (κ2) is 3.94. The van der Waals surface area contributed by atoms with Gasteiger partial charge in [0.2, 0.25) is 0 Å². The van der Waals surface area contributed by atoms with Crippen LogP contribution in [0.1, 0.15) is 31.3 Å². The Hall–Kier alpha value is -1.29. The number of nitrogens with zero attached hydrogens (tertiary/aromatic N) is 1. The zero-order valence-corrected chi connectivity index (χ0v) is 9.95. The second-order valence-corrected chi connectivity index (χ2v) is 4.72. The lowest BCUT2D eigenvalue weighted by molar-refractivity contribution is -0.0287. The van der Waals surface area contributed by atoms with Crippen LogP contribution in [-0.4, -0.2) is 31.1 Å². The van der Waals surface area contributed by atoms with Crippen molar-refractivity contribution in [3.8, 4) is 0 Å². The van der Waals surface area contributed by atoms with Gasteiger partial charge in [0.1, 0.15) is 0 Å². The Morgan fingerprint density at radius 3 is 2.75 bits per heavy atom. The van der Waals surface area contributed by atoms with Gasteiger partial charge in [0.05, 0.1) is 12.2 Å². The van der Waals surface area contributed by atoms with Crippen molar-refractivity contribution in [3.63, 3.8) is 0 Å². The maximum absolute atomic E-state index is 11.1. The third-order valence-corrected chi connectivity index (χ3v) is 2.68. The first-order valence-electron chi connectivity index (χ1n) is 5.48. The van der Waals surface area contributed by atoms with Crippen LogP contribution in [0, 0.1) is 0 Å². The largest absolute Gasteiger partial charge is 0.437 e. The fourth-order valence-electron chi connectivity index (χ4n) is 1.89. The van der Waals surface area contributed by atoms with Gasteiger partial charge in [0.25, 0.3) is 0 Å². The van der Waals surface area contributed by atoms with Crippen LogP contribution in [-0.2, 0) is 4.74 Å². The number of hydrogen-bond acceptors (Lipinski definition) is 4. The van der Waals surface area contributed by atoms with Gasteiger partial charge >= 0.3 is 0 Å². The average Bonchev–Trinajstić information content (AvgIpc) is 2.64. The summed E-state index contributed by atoms with van der Waals surface area (Å²) in [6, 6.07) is 3.57. The molecular formula is C12H17NO3. The van der Waals surface area contributed by atoms with Crippen molar-refractivity contribution in [1.82, 2.24) is 0 Å². The van der Waals surface area contributed by atoms with Crippen LogP contribution >= 0.6 is 0 Å². The van der Waals surface area contributed by atoms with E-state index in [1.807, 2.05) is 19.9 Å². The molecule has 88 valence electrons. The molecule has 0 bridgehead atoms. The third-order valence-electron chi connectivity index (χ3n) is 2.68. The molecule has 0 amide bonds. The highest BCUT2D eigenvalue weighted by molar-refractivity contribution is 5.91. The molecule has 0 radical (unpaired) electrons. The second-order valence-electron chi connectivity index (χ2n) is 4.72. The Balaban J connectivity index is 2.14. The topological polar surface area (TPSA) is 42.7 Å². The number of ether oxygens (including phenoxy) is 1. The van der Waals surface area contributed by atoms with Gasteiger partial charge in [-0.25, -0.2) is 0 Å². The Kier molecular flexibility index (Phi) is 2.76. The molecule has 0 aromatic carbocycles. The van der Waals surface area contributed by atoms with Crippen molar-refractivity contribution in [2.24, 2.45) is 0 Å². The van der Waals surface area contributed by atoms with E-state index in [9.17, 15) is 4.79 Å². The van der Waals surface area contributed by atoms with Crippen LogP contribution in [0.15, 0.2) is 16.5 Å². The minimum Gasteiger partial charge on any atom is -0.437 e. The third kappa shape index (κ3) is 2.27. The van der Waals surface area contributed by atoms with E-state index in [1.54, 1.807) is 6.07 Å². The van der Waals surface area contributed by atoms with E-state index in [2.05, 4.69) is 4.90 Å². The number of rotatable bonds is 2. The molecule has 0 atom stereocenters. The Labute approximate surface area is 95.2 Å². The van der Waals surface area contributed by atoms with Crippen molar-refractivity contribution >= 4 is 11.7 Å². The van der Waals surface area contributed by atoms with Crippen molar-refractivity contribution in [2.45, 2.75) is 26.4 Å². The van der Waals surface area contributed by atoms with E-state index < -0.39 is 0 Å². The SMILES string of the molecule is CC(=O)c1ccc(N2CCOC(C)(C)C2)o1. The molecule has 2 heterocycles. The number of carbonyl (C=O) groups is 1. The van der Waals surface area contributed by atoms with Crippen LogP contribution in [0.4, 0.5) is 5.88 Å². The molecule has 1 fully saturated rings.